The maximum absolute atomic E-state index is 5.75. The Kier molecular flexibility index (Phi) is 0.884. The highest BCUT2D eigenvalue weighted by molar-refractivity contribution is 4.93. The second-order valence-electron chi connectivity index (χ2n) is 3.33. The summed E-state index contributed by atoms with van der Waals surface area (Å²) in [6.45, 7) is 0. The van der Waals surface area contributed by atoms with Gasteiger partial charge in [0.2, 0.25) is 0 Å². The minimum absolute atomic E-state index is 0.554. The quantitative estimate of drug-likeness (QED) is 0.498. The first kappa shape index (κ1) is 4.80. The van der Waals surface area contributed by atoms with Crippen molar-refractivity contribution in [3.8, 4) is 0 Å². The van der Waals surface area contributed by atoms with E-state index in [9.17, 15) is 0 Å². The second kappa shape index (κ2) is 1.47. The molecule has 1 heteroatoms. The molecule has 2 N–H and O–H groups in total. The Labute approximate surface area is 50.3 Å². The van der Waals surface area contributed by atoms with Crippen LogP contribution in [-0.4, -0.2) is 6.04 Å². The van der Waals surface area contributed by atoms with Crippen molar-refractivity contribution in [1.82, 2.24) is 0 Å². The molecule has 0 unspecified atom stereocenters. The lowest BCUT2D eigenvalue weighted by Crippen LogP contribution is -2.23. The summed E-state index contributed by atoms with van der Waals surface area (Å²) in [5.74, 6) is 2.16. The van der Waals surface area contributed by atoms with Crippen molar-refractivity contribution in [3.63, 3.8) is 0 Å². The summed E-state index contributed by atoms with van der Waals surface area (Å²) in [5.41, 5.74) is 5.75. The zero-order valence-corrected chi connectivity index (χ0v) is 5.14. The fraction of sp³-hybridized carbons (Fsp3) is 1.00. The van der Waals surface area contributed by atoms with Gasteiger partial charge in [0.05, 0.1) is 0 Å². The highest BCUT2D eigenvalue weighted by Crippen LogP contribution is 2.48. The standard InChI is InChI=1S/C7H13N/c8-7-2-1-5-3-6(5)4-7/h5-7H,1-4,8H2/t5-,6-,7-/m1/s1. The number of nitrogens with two attached hydrogens (primary N) is 1. The fourth-order valence-electron chi connectivity index (χ4n) is 1.89. The van der Waals surface area contributed by atoms with Crippen LogP contribution >= 0.6 is 0 Å². The predicted octanol–water partition coefficient (Wildman–Crippen LogP) is 1.13. The largest absolute Gasteiger partial charge is 0.328 e. The third-order valence-electron chi connectivity index (χ3n) is 2.58. The van der Waals surface area contributed by atoms with Crippen LogP contribution in [0.2, 0.25) is 0 Å². The third kappa shape index (κ3) is 0.655. The Morgan fingerprint density at radius 1 is 1.00 bits per heavy atom. The summed E-state index contributed by atoms with van der Waals surface area (Å²) in [6, 6.07) is 0.554. The van der Waals surface area contributed by atoms with Crippen LogP contribution in [0.25, 0.3) is 0 Å². The smallest absolute Gasteiger partial charge is 0.00416 e. The second-order valence-corrected chi connectivity index (χ2v) is 3.33. The Bertz CT molecular complexity index is 101. The molecule has 46 valence electrons. The van der Waals surface area contributed by atoms with Gasteiger partial charge in [0.25, 0.3) is 0 Å². The van der Waals surface area contributed by atoms with Gasteiger partial charge in [-0.15, -0.1) is 0 Å². The topological polar surface area (TPSA) is 26.0 Å². The Morgan fingerprint density at radius 2 is 1.88 bits per heavy atom. The molecule has 0 aromatic carbocycles. The highest BCUT2D eigenvalue weighted by Gasteiger charge is 2.40. The summed E-state index contributed by atoms with van der Waals surface area (Å²) in [4.78, 5) is 0. The first-order valence-electron chi connectivity index (χ1n) is 3.62. The molecule has 8 heavy (non-hydrogen) atoms. The van der Waals surface area contributed by atoms with Crippen LogP contribution in [0.4, 0.5) is 0 Å². The zero-order chi connectivity index (χ0) is 5.56. The van der Waals surface area contributed by atoms with Crippen molar-refractivity contribution in [2.75, 3.05) is 0 Å². The van der Waals surface area contributed by atoms with Gasteiger partial charge in [-0.1, -0.05) is 0 Å². The molecule has 0 amide bonds. The lowest BCUT2D eigenvalue weighted by Gasteiger charge is -2.15. The molecule has 2 rings (SSSR count). The Hall–Kier alpha value is -0.0400. The van der Waals surface area contributed by atoms with Crippen LogP contribution < -0.4 is 5.73 Å². The van der Waals surface area contributed by atoms with Crippen LogP contribution in [0.15, 0.2) is 0 Å². The molecule has 0 aliphatic heterocycles. The van der Waals surface area contributed by atoms with Crippen LogP contribution in [0.1, 0.15) is 25.7 Å². The van der Waals surface area contributed by atoms with Crippen molar-refractivity contribution >= 4 is 0 Å². The average Bonchev–Trinajstić information content (AvgIpc) is 2.43. The van der Waals surface area contributed by atoms with E-state index < -0.39 is 0 Å². The monoisotopic (exact) mass is 111 g/mol. The molecule has 2 aliphatic carbocycles. The molecule has 0 spiro atoms. The van der Waals surface area contributed by atoms with E-state index in [0.29, 0.717) is 6.04 Å². The molecule has 2 saturated carbocycles. The molecule has 2 fully saturated rings. The molecule has 2 aliphatic rings. The maximum Gasteiger partial charge on any atom is 0.00416 e. The van der Waals surface area contributed by atoms with E-state index >= 15 is 0 Å². The van der Waals surface area contributed by atoms with E-state index in [1.807, 2.05) is 0 Å². The van der Waals surface area contributed by atoms with Gasteiger partial charge in [0.15, 0.2) is 0 Å². The lowest BCUT2D eigenvalue weighted by molar-refractivity contribution is 0.422. The van der Waals surface area contributed by atoms with Gasteiger partial charge in [0, 0.05) is 6.04 Å². The van der Waals surface area contributed by atoms with Crippen molar-refractivity contribution in [3.05, 3.63) is 0 Å². The molecule has 0 bridgehead atoms. The summed E-state index contributed by atoms with van der Waals surface area (Å²) in [6.07, 6.45) is 5.53. The summed E-state index contributed by atoms with van der Waals surface area (Å²) in [7, 11) is 0. The molecule has 0 heterocycles. The molecule has 0 radical (unpaired) electrons. The molecule has 0 saturated heterocycles. The number of hydrogen-bond donors (Lipinski definition) is 1. The van der Waals surface area contributed by atoms with Gasteiger partial charge < -0.3 is 5.73 Å². The van der Waals surface area contributed by atoms with Crippen molar-refractivity contribution < 1.29 is 0 Å². The van der Waals surface area contributed by atoms with E-state index in [0.717, 1.165) is 11.8 Å². The van der Waals surface area contributed by atoms with Crippen LogP contribution in [0.5, 0.6) is 0 Å². The predicted molar refractivity (Wildman–Crippen MR) is 33.4 cm³/mol. The van der Waals surface area contributed by atoms with E-state index in [1.165, 1.54) is 25.7 Å². The highest BCUT2D eigenvalue weighted by atomic mass is 14.7. The van der Waals surface area contributed by atoms with Crippen molar-refractivity contribution in [1.29, 1.82) is 0 Å². The number of hydrogen-bond acceptors (Lipinski definition) is 1. The Morgan fingerprint density at radius 3 is 2.50 bits per heavy atom. The molecule has 1 nitrogen and oxygen atoms in total. The van der Waals surface area contributed by atoms with Crippen molar-refractivity contribution in [2.24, 2.45) is 17.6 Å². The van der Waals surface area contributed by atoms with E-state index in [1.54, 1.807) is 0 Å². The molecule has 0 aromatic rings. The summed E-state index contributed by atoms with van der Waals surface area (Å²) in [5, 5.41) is 0. The molecular formula is C7H13N. The van der Waals surface area contributed by atoms with E-state index in [4.69, 9.17) is 5.73 Å². The molecular weight excluding hydrogens is 98.1 g/mol. The number of fused-ring (bicyclic) bond motifs is 1. The summed E-state index contributed by atoms with van der Waals surface area (Å²) < 4.78 is 0. The summed E-state index contributed by atoms with van der Waals surface area (Å²) >= 11 is 0. The zero-order valence-electron chi connectivity index (χ0n) is 5.14. The normalized spacial score (nSPS) is 52.9. The van der Waals surface area contributed by atoms with E-state index in [2.05, 4.69) is 0 Å². The van der Waals surface area contributed by atoms with Gasteiger partial charge in [-0.25, -0.2) is 0 Å². The maximum atomic E-state index is 5.75. The van der Waals surface area contributed by atoms with Gasteiger partial charge in [-0.2, -0.15) is 0 Å². The first-order chi connectivity index (χ1) is 3.86. The van der Waals surface area contributed by atoms with Crippen LogP contribution in [-0.2, 0) is 0 Å². The lowest BCUT2D eigenvalue weighted by atomic mass is 9.97. The fourth-order valence-corrected chi connectivity index (χ4v) is 1.89. The SMILES string of the molecule is N[C@@H]1CC[C@@H]2C[C@@H]2C1. The van der Waals surface area contributed by atoms with Gasteiger partial charge in [-0.05, 0) is 37.5 Å². The molecule has 0 aromatic heterocycles. The average molecular weight is 111 g/mol. The minimum Gasteiger partial charge on any atom is -0.328 e. The Balaban J connectivity index is 1.93. The third-order valence-corrected chi connectivity index (χ3v) is 2.58. The first-order valence-corrected chi connectivity index (χ1v) is 3.62. The minimum atomic E-state index is 0.554. The van der Waals surface area contributed by atoms with E-state index in [-0.39, 0.29) is 0 Å². The van der Waals surface area contributed by atoms with Crippen LogP contribution in [0, 0.1) is 11.8 Å². The van der Waals surface area contributed by atoms with Gasteiger partial charge in [0.1, 0.15) is 0 Å². The van der Waals surface area contributed by atoms with Crippen molar-refractivity contribution in [2.45, 2.75) is 31.7 Å². The number of rotatable bonds is 0. The van der Waals surface area contributed by atoms with Gasteiger partial charge in [-0.3, -0.25) is 0 Å². The van der Waals surface area contributed by atoms with Gasteiger partial charge >= 0.3 is 0 Å². The molecule has 3 atom stereocenters. The van der Waals surface area contributed by atoms with Crippen LogP contribution in [0.3, 0.4) is 0 Å².